The molecule has 0 aromatic heterocycles. The zero-order valence-electron chi connectivity index (χ0n) is 9.67. The van der Waals surface area contributed by atoms with Crippen LogP contribution in [-0.4, -0.2) is 11.3 Å². The Hall–Kier alpha value is -1.06. The fraction of sp³-hybridized carbons (Fsp3) is 0.462. The van der Waals surface area contributed by atoms with E-state index in [2.05, 4.69) is 0 Å². The van der Waals surface area contributed by atoms with Gasteiger partial charge in [-0.25, -0.2) is 0 Å². The van der Waals surface area contributed by atoms with Gasteiger partial charge >= 0.3 is 0 Å². The second kappa shape index (κ2) is 4.67. The fourth-order valence-electron chi connectivity index (χ4n) is 2.59. The Bertz CT molecular complexity index is 439. The number of rotatable bonds is 2. The largest absolute Gasteiger partial charge is 0.398 e. The maximum Gasteiger partial charge on any atom is 0.0904 e. The van der Waals surface area contributed by atoms with Gasteiger partial charge in [-0.1, -0.05) is 30.9 Å². The first-order valence-corrected chi connectivity index (χ1v) is 6.27. The monoisotopic (exact) mass is 252 g/mol. The van der Waals surface area contributed by atoms with Gasteiger partial charge < -0.3 is 16.2 Å². The summed E-state index contributed by atoms with van der Waals surface area (Å²) in [6.45, 7) is 0. The lowest BCUT2D eigenvalue weighted by Crippen LogP contribution is -2.30. The molecule has 92 valence electrons. The standard InChI is InChI=1S/C13H17ClN2O/c14-9-6-11(10(8-15)12(16)7-9)13(17)4-2-1-3-5-13/h6-8,15,17H,1-5,16H2. The van der Waals surface area contributed by atoms with Crippen molar-refractivity contribution in [2.45, 2.75) is 37.7 Å². The molecule has 4 N–H and O–H groups in total. The van der Waals surface area contributed by atoms with Gasteiger partial charge in [-0.05, 0) is 30.5 Å². The number of nitrogens with two attached hydrogens (primary N) is 1. The number of aliphatic hydroxyl groups is 1. The average Bonchev–Trinajstić information content (AvgIpc) is 2.29. The van der Waals surface area contributed by atoms with Gasteiger partial charge in [0.05, 0.1) is 5.60 Å². The number of nitrogen functional groups attached to an aromatic ring is 1. The summed E-state index contributed by atoms with van der Waals surface area (Å²) in [6, 6.07) is 3.36. The Morgan fingerprint density at radius 2 is 1.94 bits per heavy atom. The molecule has 1 aliphatic rings. The molecular weight excluding hydrogens is 236 g/mol. The Labute approximate surface area is 106 Å². The summed E-state index contributed by atoms with van der Waals surface area (Å²) < 4.78 is 0. The van der Waals surface area contributed by atoms with Crippen LogP contribution in [0.15, 0.2) is 12.1 Å². The summed E-state index contributed by atoms with van der Waals surface area (Å²) in [6.07, 6.45) is 5.79. The van der Waals surface area contributed by atoms with Gasteiger partial charge in [0, 0.05) is 22.5 Å². The van der Waals surface area contributed by atoms with Crippen molar-refractivity contribution in [2.24, 2.45) is 0 Å². The molecule has 0 unspecified atom stereocenters. The minimum atomic E-state index is -0.871. The van der Waals surface area contributed by atoms with E-state index in [0.717, 1.165) is 19.3 Å². The number of hydrogen-bond acceptors (Lipinski definition) is 3. The van der Waals surface area contributed by atoms with Crippen LogP contribution < -0.4 is 5.73 Å². The van der Waals surface area contributed by atoms with Gasteiger partial charge in [0.25, 0.3) is 0 Å². The quantitative estimate of drug-likeness (QED) is 0.559. The number of anilines is 1. The summed E-state index contributed by atoms with van der Waals surface area (Å²) in [5.74, 6) is 0. The number of hydrogen-bond donors (Lipinski definition) is 3. The molecule has 0 heterocycles. The topological polar surface area (TPSA) is 70.1 Å². The molecule has 0 aliphatic heterocycles. The van der Waals surface area contributed by atoms with Gasteiger partial charge in [0.1, 0.15) is 0 Å². The van der Waals surface area contributed by atoms with E-state index in [1.165, 1.54) is 6.21 Å². The molecule has 0 bridgehead atoms. The van der Waals surface area contributed by atoms with Crippen molar-refractivity contribution < 1.29 is 5.11 Å². The van der Waals surface area contributed by atoms with E-state index in [9.17, 15) is 5.11 Å². The molecule has 0 spiro atoms. The highest BCUT2D eigenvalue weighted by molar-refractivity contribution is 6.31. The SMILES string of the molecule is N=Cc1c(N)cc(Cl)cc1C1(O)CCCCC1. The molecule has 1 fully saturated rings. The maximum atomic E-state index is 10.7. The van der Waals surface area contributed by atoms with Crippen LogP contribution in [0.25, 0.3) is 0 Å². The first kappa shape index (κ1) is 12.4. The Morgan fingerprint density at radius 3 is 2.53 bits per heavy atom. The summed E-state index contributed by atoms with van der Waals surface area (Å²) >= 11 is 5.99. The van der Waals surface area contributed by atoms with Gasteiger partial charge in [-0.2, -0.15) is 0 Å². The Kier molecular flexibility index (Phi) is 3.40. The molecule has 0 amide bonds. The van der Waals surface area contributed by atoms with Crippen LogP contribution in [0.5, 0.6) is 0 Å². The molecular formula is C13H17ClN2O. The molecule has 1 saturated carbocycles. The van der Waals surface area contributed by atoms with Crippen LogP contribution in [0.1, 0.15) is 43.2 Å². The molecule has 1 aliphatic carbocycles. The molecule has 0 saturated heterocycles. The lowest BCUT2D eigenvalue weighted by Gasteiger charge is -2.34. The molecule has 4 heteroatoms. The molecule has 2 rings (SSSR count). The number of halogens is 1. The van der Waals surface area contributed by atoms with E-state index in [1.807, 2.05) is 0 Å². The van der Waals surface area contributed by atoms with Crippen molar-refractivity contribution in [1.29, 1.82) is 5.41 Å². The van der Waals surface area contributed by atoms with E-state index < -0.39 is 5.60 Å². The van der Waals surface area contributed by atoms with Crippen LogP contribution in [-0.2, 0) is 5.60 Å². The molecule has 0 radical (unpaired) electrons. The van der Waals surface area contributed by atoms with E-state index in [0.29, 0.717) is 34.7 Å². The van der Waals surface area contributed by atoms with Crippen LogP contribution >= 0.6 is 11.6 Å². The van der Waals surface area contributed by atoms with Crippen LogP contribution in [0, 0.1) is 5.41 Å². The summed E-state index contributed by atoms with van der Waals surface area (Å²) in [7, 11) is 0. The van der Waals surface area contributed by atoms with Crippen molar-refractivity contribution in [1.82, 2.24) is 0 Å². The summed E-state index contributed by atoms with van der Waals surface area (Å²) in [4.78, 5) is 0. The maximum absolute atomic E-state index is 10.7. The second-order valence-electron chi connectivity index (χ2n) is 4.69. The third kappa shape index (κ3) is 2.31. The Balaban J connectivity index is 2.52. The normalized spacial score (nSPS) is 18.9. The van der Waals surface area contributed by atoms with Gasteiger partial charge in [-0.15, -0.1) is 0 Å². The Morgan fingerprint density at radius 1 is 1.29 bits per heavy atom. The van der Waals surface area contributed by atoms with E-state index in [1.54, 1.807) is 12.1 Å². The van der Waals surface area contributed by atoms with Crippen LogP contribution in [0.4, 0.5) is 5.69 Å². The summed E-state index contributed by atoms with van der Waals surface area (Å²) in [5.41, 5.74) is 6.74. The predicted molar refractivity (Wildman–Crippen MR) is 70.7 cm³/mol. The smallest absolute Gasteiger partial charge is 0.0904 e. The van der Waals surface area contributed by atoms with Crippen molar-refractivity contribution in [3.05, 3.63) is 28.3 Å². The zero-order chi connectivity index (χ0) is 12.5. The first-order chi connectivity index (χ1) is 8.07. The zero-order valence-corrected chi connectivity index (χ0v) is 10.4. The predicted octanol–water partition coefficient (Wildman–Crippen LogP) is 3.07. The lowest BCUT2D eigenvalue weighted by atomic mass is 9.78. The van der Waals surface area contributed by atoms with Crippen molar-refractivity contribution in [2.75, 3.05) is 5.73 Å². The number of benzene rings is 1. The highest BCUT2D eigenvalue weighted by Gasteiger charge is 2.33. The molecule has 1 aromatic rings. The van der Waals surface area contributed by atoms with Gasteiger partial charge in [0.15, 0.2) is 0 Å². The van der Waals surface area contributed by atoms with E-state index >= 15 is 0 Å². The highest BCUT2D eigenvalue weighted by atomic mass is 35.5. The third-order valence-corrected chi connectivity index (χ3v) is 3.72. The van der Waals surface area contributed by atoms with Crippen LogP contribution in [0.2, 0.25) is 5.02 Å². The molecule has 17 heavy (non-hydrogen) atoms. The lowest BCUT2D eigenvalue weighted by molar-refractivity contribution is -0.000677. The van der Waals surface area contributed by atoms with Gasteiger partial charge in [0.2, 0.25) is 0 Å². The van der Waals surface area contributed by atoms with Gasteiger partial charge in [-0.3, -0.25) is 0 Å². The highest BCUT2D eigenvalue weighted by Crippen LogP contribution is 2.40. The second-order valence-corrected chi connectivity index (χ2v) is 5.13. The van der Waals surface area contributed by atoms with E-state index in [-0.39, 0.29) is 0 Å². The molecule has 1 aromatic carbocycles. The van der Waals surface area contributed by atoms with Crippen molar-refractivity contribution >= 4 is 23.5 Å². The summed E-state index contributed by atoms with van der Waals surface area (Å²) in [5, 5.41) is 18.6. The minimum Gasteiger partial charge on any atom is -0.398 e. The molecule has 3 nitrogen and oxygen atoms in total. The number of nitrogens with one attached hydrogen (secondary N) is 1. The molecule has 0 atom stereocenters. The fourth-order valence-corrected chi connectivity index (χ4v) is 2.82. The third-order valence-electron chi connectivity index (χ3n) is 3.50. The average molecular weight is 253 g/mol. The van der Waals surface area contributed by atoms with Crippen LogP contribution in [0.3, 0.4) is 0 Å². The first-order valence-electron chi connectivity index (χ1n) is 5.89. The minimum absolute atomic E-state index is 0.460. The van der Waals surface area contributed by atoms with Crippen molar-refractivity contribution in [3.8, 4) is 0 Å². The van der Waals surface area contributed by atoms with E-state index in [4.69, 9.17) is 22.7 Å². The van der Waals surface area contributed by atoms with Crippen molar-refractivity contribution in [3.63, 3.8) is 0 Å².